The smallest absolute Gasteiger partial charge is 0.240 e. The normalized spacial score (nSPS) is 34.3. The summed E-state index contributed by atoms with van der Waals surface area (Å²) in [7, 11) is 0. The fourth-order valence-electron chi connectivity index (χ4n) is 5.16. The van der Waals surface area contributed by atoms with Crippen molar-refractivity contribution in [1.82, 2.24) is 0 Å². The number of carbonyl (C=O) groups excluding carboxylic acids is 2. The second-order valence-electron chi connectivity index (χ2n) is 8.04. The molecular formula is C22H17ClN2O4. The minimum Gasteiger partial charge on any atom is -0.389 e. The number of benzene rings is 2. The minimum atomic E-state index is -0.519. The first-order chi connectivity index (χ1) is 14.0. The SMILES string of the molecule is Cc1ccc(N2C(=O)C3C4OC(C5C(c6ccc(Cl)cc6)=NOC45)C3C2=O)cc1. The number of halogens is 1. The summed E-state index contributed by atoms with van der Waals surface area (Å²) in [5, 5.41) is 4.92. The van der Waals surface area contributed by atoms with Crippen molar-refractivity contribution < 1.29 is 19.2 Å². The molecule has 2 aromatic carbocycles. The van der Waals surface area contributed by atoms with Gasteiger partial charge in [-0.05, 0) is 36.8 Å². The zero-order chi connectivity index (χ0) is 19.9. The Bertz CT molecular complexity index is 1070. The Morgan fingerprint density at radius 3 is 2.21 bits per heavy atom. The first-order valence-electron chi connectivity index (χ1n) is 9.64. The van der Waals surface area contributed by atoms with Crippen LogP contribution in [0.25, 0.3) is 0 Å². The molecular weight excluding hydrogens is 392 g/mol. The van der Waals surface area contributed by atoms with Gasteiger partial charge in [0.15, 0.2) is 6.10 Å². The van der Waals surface area contributed by atoms with Gasteiger partial charge >= 0.3 is 0 Å². The summed E-state index contributed by atoms with van der Waals surface area (Å²) in [6.45, 7) is 1.97. The molecule has 29 heavy (non-hydrogen) atoms. The number of nitrogens with zero attached hydrogens (tertiary/aromatic N) is 2. The third-order valence-electron chi connectivity index (χ3n) is 6.47. The zero-order valence-electron chi connectivity index (χ0n) is 15.5. The Labute approximate surface area is 172 Å². The van der Waals surface area contributed by atoms with E-state index in [0.717, 1.165) is 16.8 Å². The fourth-order valence-corrected chi connectivity index (χ4v) is 5.29. The van der Waals surface area contributed by atoms with Gasteiger partial charge in [-0.2, -0.15) is 0 Å². The predicted octanol–water partition coefficient (Wildman–Crippen LogP) is 2.95. The molecule has 6 rings (SSSR count). The number of oxime groups is 1. The van der Waals surface area contributed by atoms with E-state index in [1.54, 1.807) is 12.1 Å². The Morgan fingerprint density at radius 1 is 0.862 bits per heavy atom. The largest absolute Gasteiger partial charge is 0.389 e. The van der Waals surface area contributed by atoms with Crippen molar-refractivity contribution in [1.29, 1.82) is 0 Å². The van der Waals surface area contributed by atoms with Crippen molar-refractivity contribution in [2.75, 3.05) is 4.90 Å². The number of fused-ring (bicyclic) bond motifs is 8. The van der Waals surface area contributed by atoms with Crippen LogP contribution in [0.2, 0.25) is 5.02 Å². The molecule has 2 aromatic rings. The molecule has 2 amide bonds. The van der Waals surface area contributed by atoms with Gasteiger partial charge in [0.1, 0.15) is 6.10 Å². The lowest BCUT2D eigenvalue weighted by Gasteiger charge is -2.26. The van der Waals surface area contributed by atoms with E-state index in [2.05, 4.69) is 5.16 Å². The molecule has 146 valence electrons. The van der Waals surface area contributed by atoms with Crippen LogP contribution in [-0.2, 0) is 19.2 Å². The molecule has 6 unspecified atom stereocenters. The van der Waals surface area contributed by atoms with Crippen LogP contribution in [0.5, 0.6) is 0 Å². The summed E-state index contributed by atoms with van der Waals surface area (Å²) in [6, 6.07) is 14.8. The second kappa shape index (κ2) is 5.90. The molecule has 4 aliphatic heterocycles. The van der Waals surface area contributed by atoms with Crippen molar-refractivity contribution in [3.05, 3.63) is 64.7 Å². The number of imide groups is 1. The first-order valence-corrected chi connectivity index (χ1v) is 10.0. The molecule has 0 N–H and O–H groups in total. The van der Waals surface area contributed by atoms with Crippen LogP contribution in [0.3, 0.4) is 0 Å². The maximum absolute atomic E-state index is 13.3. The third-order valence-corrected chi connectivity index (χ3v) is 6.72. The lowest BCUT2D eigenvalue weighted by molar-refractivity contribution is -0.125. The summed E-state index contributed by atoms with van der Waals surface area (Å²) in [4.78, 5) is 33.5. The van der Waals surface area contributed by atoms with Crippen LogP contribution < -0.4 is 4.90 Å². The number of hydrogen-bond donors (Lipinski definition) is 0. The van der Waals surface area contributed by atoms with Gasteiger partial charge in [-0.3, -0.25) is 9.59 Å². The Hall–Kier alpha value is -2.70. The fraction of sp³-hybridized carbons (Fsp3) is 0.318. The van der Waals surface area contributed by atoms with E-state index in [-0.39, 0.29) is 23.8 Å². The van der Waals surface area contributed by atoms with Crippen LogP contribution in [-0.4, -0.2) is 35.8 Å². The molecule has 4 aliphatic rings. The highest BCUT2D eigenvalue weighted by atomic mass is 35.5. The van der Waals surface area contributed by atoms with E-state index < -0.39 is 24.0 Å². The molecule has 3 fully saturated rings. The van der Waals surface area contributed by atoms with Gasteiger partial charge in [-0.25, -0.2) is 4.90 Å². The van der Waals surface area contributed by atoms with Gasteiger partial charge in [0.2, 0.25) is 11.8 Å². The molecule has 0 spiro atoms. The van der Waals surface area contributed by atoms with Gasteiger partial charge in [0.25, 0.3) is 0 Å². The topological polar surface area (TPSA) is 68.2 Å². The molecule has 6 atom stereocenters. The molecule has 0 aliphatic carbocycles. The molecule has 7 heteroatoms. The van der Waals surface area contributed by atoms with Crippen molar-refractivity contribution >= 4 is 34.8 Å². The Morgan fingerprint density at radius 2 is 1.52 bits per heavy atom. The molecule has 2 bridgehead atoms. The number of ether oxygens (including phenoxy) is 1. The number of hydrogen-bond acceptors (Lipinski definition) is 5. The molecule has 4 heterocycles. The van der Waals surface area contributed by atoms with Crippen LogP contribution in [0.4, 0.5) is 5.69 Å². The summed E-state index contributed by atoms with van der Waals surface area (Å²) < 4.78 is 6.13. The van der Waals surface area contributed by atoms with E-state index in [0.29, 0.717) is 10.7 Å². The second-order valence-corrected chi connectivity index (χ2v) is 8.48. The zero-order valence-corrected chi connectivity index (χ0v) is 16.2. The maximum Gasteiger partial charge on any atom is 0.240 e. The lowest BCUT2D eigenvalue weighted by Crippen LogP contribution is -2.45. The van der Waals surface area contributed by atoms with E-state index in [1.165, 1.54) is 4.90 Å². The Balaban J connectivity index is 1.35. The molecule has 0 aromatic heterocycles. The van der Waals surface area contributed by atoms with E-state index in [1.807, 2.05) is 43.3 Å². The maximum atomic E-state index is 13.3. The average molecular weight is 409 g/mol. The van der Waals surface area contributed by atoms with E-state index in [9.17, 15) is 9.59 Å². The summed E-state index contributed by atoms with van der Waals surface area (Å²) in [6.07, 6.45) is -1.23. The quantitative estimate of drug-likeness (QED) is 0.716. The highest BCUT2D eigenvalue weighted by molar-refractivity contribution is 6.30. The van der Waals surface area contributed by atoms with Crippen LogP contribution in [0.1, 0.15) is 11.1 Å². The number of aryl methyl sites for hydroxylation is 1. The van der Waals surface area contributed by atoms with Gasteiger partial charge in [-0.15, -0.1) is 0 Å². The van der Waals surface area contributed by atoms with Crippen LogP contribution in [0, 0.1) is 24.7 Å². The molecule has 0 saturated carbocycles. The van der Waals surface area contributed by atoms with Gasteiger partial charge in [0, 0.05) is 5.02 Å². The average Bonchev–Trinajstić information content (AvgIpc) is 3.44. The van der Waals surface area contributed by atoms with Crippen molar-refractivity contribution in [2.24, 2.45) is 22.9 Å². The van der Waals surface area contributed by atoms with Crippen molar-refractivity contribution in [3.8, 4) is 0 Å². The number of rotatable bonds is 2. The first kappa shape index (κ1) is 17.2. The molecule has 0 radical (unpaired) electrons. The van der Waals surface area contributed by atoms with E-state index >= 15 is 0 Å². The highest BCUT2D eigenvalue weighted by Gasteiger charge is 2.72. The summed E-state index contributed by atoms with van der Waals surface area (Å²) in [5.74, 6) is -1.60. The van der Waals surface area contributed by atoms with Gasteiger partial charge < -0.3 is 9.57 Å². The minimum absolute atomic E-state index is 0.169. The van der Waals surface area contributed by atoms with Crippen molar-refractivity contribution in [2.45, 2.75) is 25.2 Å². The summed E-state index contributed by atoms with van der Waals surface area (Å²) in [5.41, 5.74) is 3.33. The Kier molecular flexibility index (Phi) is 3.50. The standard InChI is InChI=1S/C22H17ClN2O4/c1-10-2-8-13(9-3-10)25-21(26)14-15(22(25)27)19-20-16(18(14)28-19)17(24-29-20)11-4-6-12(23)7-5-11/h2-9,14-16,18-20H,1H3. The monoisotopic (exact) mass is 408 g/mol. The van der Waals surface area contributed by atoms with Gasteiger partial charge in [-0.1, -0.05) is 46.6 Å². The van der Waals surface area contributed by atoms with Crippen LogP contribution in [0.15, 0.2) is 53.7 Å². The lowest BCUT2D eigenvalue weighted by atomic mass is 9.71. The molecule has 3 saturated heterocycles. The van der Waals surface area contributed by atoms with Crippen LogP contribution >= 0.6 is 11.6 Å². The molecule has 6 nitrogen and oxygen atoms in total. The number of anilines is 1. The highest BCUT2D eigenvalue weighted by Crippen LogP contribution is 2.55. The third kappa shape index (κ3) is 2.24. The summed E-state index contributed by atoms with van der Waals surface area (Å²) >= 11 is 6.00. The predicted molar refractivity (Wildman–Crippen MR) is 106 cm³/mol. The van der Waals surface area contributed by atoms with E-state index in [4.69, 9.17) is 21.2 Å². The number of carbonyl (C=O) groups is 2. The van der Waals surface area contributed by atoms with Crippen molar-refractivity contribution in [3.63, 3.8) is 0 Å². The number of amides is 2. The van der Waals surface area contributed by atoms with Gasteiger partial charge in [0.05, 0.1) is 35.3 Å².